The lowest BCUT2D eigenvalue weighted by Crippen LogP contribution is -2.15. The summed E-state index contributed by atoms with van der Waals surface area (Å²) >= 11 is 2.96. The Kier molecular flexibility index (Phi) is 8.05. The maximum atomic E-state index is 12.7. The Bertz CT molecular complexity index is 1090. The summed E-state index contributed by atoms with van der Waals surface area (Å²) in [6, 6.07) is 4.25. The molecule has 0 saturated carbocycles. The molecule has 2 aliphatic rings. The summed E-state index contributed by atoms with van der Waals surface area (Å²) in [6.07, 6.45) is 10.8. The molecule has 4 rings (SSSR count). The van der Waals surface area contributed by atoms with Crippen LogP contribution in [0, 0.1) is 11.3 Å². The molecule has 2 aromatic heterocycles. The molecule has 0 unspecified atom stereocenters. The minimum absolute atomic E-state index is 0.141. The van der Waals surface area contributed by atoms with E-state index in [1.165, 1.54) is 47.1 Å². The van der Waals surface area contributed by atoms with E-state index in [2.05, 4.69) is 11.4 Å². The van der Waals surface area contributed by atoms with Gasteiger partial charge in [0.2, 0.25) is 5.91 Å². The Morgan fingerprint density at radius 3 is 2.70 bits per heavy atom. The first-order chi connectivity index (χ1) is 16.1. The van der Waals surface area contributed by atoms with Gasteiger partial charge in [0.25, 0.3) is 0 Å². The molecule has 0 spiro atoms. The number of thiophene rings is 1. The van der Waals surface area contributed by atoms with Crippen molar-refractivity contribution in [1.29, 1.82) is 5.26 Å². The number of fused-ring (bicyclic) bond motifs is 2. The molecule has 174 valence electrons. The Hall–Kier alpha value is -2.37. The van der Waals surface area contributed by atoms with Gasteiger partial charge in [0, 0.05) is 22.7 Å². The lowest BCUT2D eigenvalue weighted by molar-refractivity contribution is -0.115. The van der Waals surface area contributed by atoms with Crippen LogP contribution in [0.15, 0.2) is 11.1 Å². The van der Waals surface area contributed by atoms with E-state index in [1.54, 1.807) is 0 Å². The van der Waals surface area contributed by atoms with Gasteiger partial charge in [-0.2, -0.15) is 5.26 Å². The number of esters is 1. The van der Waals surface area contributed by atoms with E-state index in [0.29, 0.717) is 26.9 Å². The molecular weight excluding hydrogens is 454 g/mol. The fourth-order valence-electron chi connectivity index (χ4n) is 4.56. The average molecular weight is 484 g/mol. The van der Waals surface area contributed by atoms with Gasteiger partial charge in [0.1, 0.15) is 16.1 Å². The highest BCUT2D eigenvalue weighted by atomic mass is 32.2. The van der Waals surface area contributed by atoms with E-state index < -0.39 is 0 Å². The van der Waals surface area contributed by atoms with Crippen molar-refractivity contribution in [3.63, 3.8) is 0 Å². The first kappa shape index (κ1) is 23.8. The zero-order chi connectivity index (χ0) is 23.2. The van der Waals surface area contributed by atoms with Gasteiger partial charge < -0.3 is 10.1 Å². The molecule has 1 amide bonds. The lowest BCUT2D eigenvalue weighted by Gasteiger charge is -2.10. The monoisotopic (exact) mass is 483 g/mol. The number of ether oxygens (including phenoxy) is 1. The highest BCUT2D eigenvalue weighted by molar-refractivity contribution is 7.99. The number of pyridine rings is 1. The van der Waals surface area contributed by atoms with Crippen LogP contribution < -0.4 is 5.32 Å². The van der Waals surface area contributed by atoms with E-state index in [0.717, 1.165) is 69.0 Å². The predicted molar refractivity (Wildman–Crippen MR) is 131 cm³/mol. The van der Waals surface area contributed by atoms with Crippen molar-refractivity contribution in [3.05, 3.63) is 38.9 Å². The molecule has 6 nitrogen and oxygen atoms in total. The Balaban J connectivity index is 1.42. The SMILES string of the molecule is COC(=O)c1c(NC(=O)CCSc2nc3c(cc2C#N)CCCCC3)sc2c1CCCCC2. The van der Waals surface area contributed by atoms with Crippen LogP contribution in [0.5, 0.6) is 0 Å². The number of thioether (sulfide) groups is 1. The first-order valence-corrected chi connectivity index (χ1v) is 13.5. The third kappa shape index (κ3) is 5.59. The number of hydrogen-bond acceptors (Lipinski definition) is 7. The van der Waals surface area contributed by atoms with Crippen molar-refractivity contribution in [2.75, 3.05) is 18.2 Å². The predicted octanol–water partition coefficient (Wildman–Crippen LogP) is 5.46. The first-order valence-electron chi connectivity index (χ1n) is 11.7. The van der Waals surface area contributed by atoms with Crippen LogP contribution in [0.4, 0.5) is 5.00 Å². The van der Waals surface area contributed by atoms with Crippen LogP contribution in [0.25, 0.3) is 0 Å². The summed E-state index contributed by atoms with van der Waals surface area (Å²) < 4.78 is 5.02. The van der Waals surface area contributed by atoms with E-state index >= 15 is 0 Å². The van der Waals surface area contributed by atoms with Crippen molar-refractivity contribution < 1.29 is 14.3 Å². The molecule has 0 radical (unpaired) electrons. The summed E-state index contributed by atoms with van der Waals surface area (Å²) in [4.78, 5) is 31.1. The van der Waals surface area contributed by atoms with Crippen molar-refractivity contribution in [2.24, 2.45) is 0 Å². The highest BCUT2D eigenvalue weighted by Gasteiger charge is 2.26. The number of amides is 1. The van der Waals surface area contributed by atoms with Gasteiger partial charge in [0.05, 0.1) is 18.2 Å². The summed E-state index contributed by atoms with van der Waals surface area (Å²) in [7, 11) is 1.38. The number of methoxy groups -OCH3 is 1. The summed E-state index contributed by atoms with van der Waals surface area (Å²) in [5.41, 5.74) is 4.46. The number of hydrogen-bond donors (Lipinski definition) is 1. The maximum absolute atomic E-state index is 12.7. The van der Waals surface area contributed by atoms with Crippen molar-refractivity contribution in [3.8, 4) is 6.07 Å². The zero-order valence-corrected chi connectivity index (χ0v) is 20.6. The van der Waals surface area contributed by atoms with Crippen molar-refractivity contribution in [1.82, 2.24) is 4.98 Å². The van der Waals surface area contributed by atoms with Crippen LogP contribution in [-0.2, 0) is 35.2 Å². The molecule has 8 heteroatoms. The van der Waals surface area contributed by atoms with Crippen molar-refractivity contribution >= 4 is 40.0 Å². The molecule has 2 aromatic rings. The van der Waals surface area contributed by atoms with E-state index in [9.17, 15) is 14.9 Å². The molecule has 0 aliphatic heterocycles. The maximum Gasteiger partial charge on any atom is 0.341 e. The molecule has 1 N–H and O–H groups in total. The number of aromatic nitrogens is 1. The second-order valence-electron chi connectivity index (χ2n) is 8.53. The molecule has 0 atom stereocenters. The molecule has 0 saturated heterocycles. The van der Waals surface area contributed by atoms with Gasteiger partial charge >= 0.3 is 5.97 Å². The summed E-state index contributed by atoms with van der Waals surface area (Å²) in [6.45, 7) is 0. The number of nitriles is 1. The largest absolute Gasteiger partial charge is 0.465 e. The molecule has 0 fully saturated rings. The Labute approximate surface area is 203 Å². The number of rotatable bonds is 6. The standard InChI is InChI=1S/C25H29N3O3S2/c1-31-25(30)22-18-9-5-3-7-11-20(18)33-24(22)28-21(29)12-13-32-23-17(15-26)14-16-8-4-2-6-10-19(16)27-23/h14H,2-13H2,1H3,(H,28,29). The number of carbonyl (C=O) groups excluding carboxylic acids is 2. The number of nitrogens with zero attached hydrogens (tertiary/aromatic N) is 2. The van der Waals surface area contributed by atoms with Gasteiger partial charge in [-0.25, -0.2) is 9.78 Å². The summed E-state index contributed by atoms with van der Waals surface area (Å²) in [5, 5.41) is 13.8. The molecule has 0 bridgehead atoms. The molecular formula is C25H29N3O3S2. The van der Waals surface area contributed by atoms with Gasteiger partial charge in [-0.3, -0.25) is 4.79 Å². The lowest BCUT2D eigenvalue weighted by atomic mass is 10.1. The van der Waals surface area contributed by atoms with Crippen LogP contribution in [0.2, 0.25) is 0 Å². The number of aryl methyl sites for hydroxylation is 3. The van der Waals surface area contributed by atoms with Gasteiger partial charge in [-0.05, 0) is 68.6 Å². The van der Waals surface area contributed by atoms with E-state index in [1.807, 2.05) is 6.07 Å². The fourth-order valence-corrected chi connectivity index (χ4v) is 6.77. The number of anilines is 1. The highest BCUT2D eigenvalue weighted by Crippen LogP contribution is 2.38. The van der Waals surface area contributed by atoms with Gasteiger partial charge in [-0.1, -0.05) is 12.8 Å². The summed E-state index contributed by atoms with van der Waals surface area (Å²) in [5.74, 6) is -0.00505. The second kappa shape index (κ2) is 11.2. The molecule has 2 heterocycles. The second-order valence-corrected chi connectivity index (χ2v) is 10.7. The topological polar surface area (TPSA) is 92.1 Å². The van der Waals surface area contributed by atoms with Gasteiger partial charge in [-0.15, -0.1) is 23.1 Å². The fraction of sp³-hybridized carbons (Fsp3) is 0.520. The van der Waals surface area contributed by atoms with E-state index in [-0.39, 0.29) is 18.3 Å². The van der Waals surface area contributed by atoms with Crippen LogP contribution >= 0.6 is 23.1 Å². The normalized spacial score (nSPS) is 15.4. The van der Waals surface area contributed by atoms with Crippen LogP contribution in [0.3, 0.4) is 0 Å². The van der Waals surface area contributed by atoms with Crippen LogP contribution in [0.1, 0.15) is 82.6 Å². The third-order valence-electron chi connectivity index (χ3n) is 6.27. The molecule has 33 heavy (non-hydrogen) atoms. The minimum atomic E-state index is -0.382. The Morgan fingerprint density at radius 2 is 1.91 bits per heavy atom. The Morgan fingerprint density at radius 1 is 1.15 bits per heavy atom. The smallest absolute Gasteiger partial charge is 0.341 e. The quantitative estimate of drug-likeness (QED) is 0.333. The molecule has 0 aromatic carbocycles. The van der Waals surface area contributed by atoms with Crippen LogP contribution in [-0.4, -0.2) is 29.7 Å². The minimum Gasteiger partial charge on any atom is -0.465 e. The van der Waals surface area contributed by atoms with Gasteiger partial charge in [0.15, 0.2) is 0 Å². The third-order valence-corrected chi connectivity index (χ3v) is 8.47. The van der Waals surface area contributed by atoms with E-state index in [4.69, 9.17) is 9.72 Å². The average Bonchev–Trinajstić information content (AvgIpc) is 2.99. The number of nitrogens with one attached hydrogen (secondary N) is 1. The molecule has 2 aliphatic carbocycles. The van der Waals surface area contributed by atoms with Crippen molar-refractivity contribution in [2.45, 2.75) is 75.7 Å². The number of carbonyl (C=O) groups is 2. The zero-order valence-electron chi connectivity index (χ0n) is 19.0.